The molecule has 2 heterocycles. The molecule has 0 bridgehead atoms. The number of thioether (sulfide) groups is 1. The SMILES string of the molecule is CN(C)C(=O)CSC1=N[C@H]2CS(=O)(=O)C[C@@H]2N1c1ccccc1. The number of nitrogens with zero attached hydrogens (tertiary/aromatic N) is 3. The molecule has 1 amide bonds. The minimum Gasteiger partial charge on any atom is -0.348 e. The average molecular weight is 353 g/mol. The zero-order valence-corrected chi connectivity index (χ0v) is 14.7. The molecule has 1 aromatic rings. The molecule has 1 saturated heterocycles. The van der Waals surface area contributed by atoms with Crippen LogP contribution in [0.5, 0.6) is 0 Å². The Labute approximate surface area is 140 Å². The second kappa shape index (κ2) is 6.16. The van der Waals surface area contributed by atoms with Gasteiger partial charge < -0.3 is 9.80 Å². The van der Waals surface area contributed by atoms with Gasteiger partial charge in [0.2, 0.25) is 5.91 Å². The predicted octanol–water partition coefficient (Wildman–Crippen LogP) is 0.850. The smallest absolute Gasteiger partial charge is 0.232 e. The van der Waals surface area contributed by atoms with Crippen molar-refractivity contribution in [3.63, 3.8) is 0 Å². The molecule has 6 nitrogen and oxygen atoms in total. The summed E-state index contributed by atoms with van der Waals surface area (Å²) in [4.78, 5) is 19.9. The molecule has 2 aliphatic heterocycles. The lowest BCUT2D eigenvalue weighted by Gasteiger charge is -2.26. The van der Waals surface area contributed by atoms with Gasteiger partial charge in [0.05, 0.1) is 29.3 Å². The largest absolute Gasteiger partial charge is 0.348 e. The number of amidine groups is 1. The Hall–Kier alpha value is -1.54. The van der Waals surface area contributed by atoms with E-state index in [2.05, 4.69) is 4.99 Å². The number of aliphatic imine (C=N–C) groups is 1. The summed E-state index contributed by atoms with van der Waals surface area (Å²) < 4.78 is 23.8. The van der Waals surface area contributed by atoms with E-state index in [0.29, 0.717) is 5.75 Å². The highest BCUT2D eigenvalue weighted by Crippen LogP contribution is 2.34. The van der Waals surface area contributed by atoms with Gasteiger partial charge in [-0.25, -0.2) is 8.42 Å². The van der Waals surface area contributed by atoms with E-state index in [-0.39, 0.29) is 29.5 Å². The first kappa shape index (κ1) is 16.3. The van der Waals surface area contributed by atoms with Crippen molar-refractivity contribution in [1.82, 2.24) is 4.90 Å². The molecule has 2 aliphatic rings. The molecule has 8 heteroatoms. The van der Waals surface area contributed by atoms with Gasteiger partial charge in [-0.1, -0.05) is 30.0 Å². The fourth-order valence-corrected chi connectivity index (χ4v) is 5.72. The van der Waals surface area contributed by atoms with Gasteiger partial charge in [-0.15, -0.1) is 0 Å². The molecule has 0 saturated carbocycles. The van der Waals surface area contributed by atoms with Gasteiger partial charge in [-0.2, -0.15) is 0 Å². The molecule has 1 fully saturated rings. The van der Waals surface area contributed by atoms with Gasteiger partial charge >= 0.3 is 0 Å². The van der Waals surface area contributed by atoms with Crippen LogP contribution in [0.2, 0.25) is 0 Å². The second-order valence-electron chi connectivity index (χ2n) is 5.91. The summed E-state index contributed by atoms with van der Waals surface area (Å²) in [5.41, 5.74) is 0.917. The Morgan fingerprint density at radius 1 is 1.30 bits per heavy atom. The molecule has 0 aromatic heterocycles. The Kier molecular flexibility index (Phi) is 4.37. The van der Waals surface area contributed by atoms with Crippen molar-refractivity contribution in [3.05, 3.63) is 30.3 Å². The quantitative estimate of drug-likeness (QED) is 0.806. The van der Waals surface area contributed by atoms with Crippen LogP contribution < -0.4 is 4.90 Å². The molecule has 0 unspecified atom stereocenters. The van der Waals surface area contributed by atoms with E-state index in [0.717, 1.165) is 10.9 Å². The Morgan fingerprint density at radius 2 is 2.00 bits per heavy atom. The summed E-state index contributed by atoms with van der Waals surface area (Å²) in [6.07, 6.45) is 0. The van der Waals surface area contributed by atoms with Gasteiger partial charge in [-0.3, -0.25) is 9.79 Å². The number of carbonyl (C=O) groups excluding carboxylic acids is 1. The maximum Gasteiger partial charge on any atom is 0.232 e. The van der Waals surface area contributed by atoms with Crippen molar-refractivity contribution < 1.29 is 13.2 Å². The number of sulfone groups is 1. The highest BCUT2D eigenvalue weighted by Gasteiger charge is 2.47. The van der Waals surface area contributed by atoms with E-state index in [1.54, 1.807) is 19.0 Å². The van der Waals surface area contributed by atoms with E-state index in [1.165, 1.54) is 11.8 Å². The van der Waals surface area contributed by atoms with Gasteiger partial charge in [-0.05, 0) is 12.1 Å². The number of anilines is 1. The second-order valence-corrected chi connectivity index (χ2v) is 9.00. The van der Waals surface area contributed by atoms with Gasteiger partial charge in [0.1, 0.15) is 0 Å². The summed E-state index contributed by atoms with van der Waals surface area (Å²) in [5.74, 6) is 0.505. The fourth-order valence-electron chi connectivity index (χ4n) is 2.78. The summed E-state index contributed by atoms with van der Waals surface area (Å²) in [6, 6.07) is 9.23. The summed E-state index contributed by atoms with van der Waals surface area (Å²) in [5, 5.41) is 0.733. The highest BCUT2D eigenvalue weighted by molar-refractivity contribution is 8.14. The van der Waals surface area contributed by atoms with Crippen molar-refractivity contribution >= 4 is 38.4 Å². The van der Waals surface area contributed by atoms with E-state index >= 15 is 0 Å². The number of rotatable bonds is 3. The van der Waals surface area contributed by atoms with Crippen LogP contribution in [0.3, 0.4) is 0 Å². The maximum absolute atomic E-state index is 11.9. The van der Waals surface area contributed by atoms with Crippen LogP contribution in [0.25, 0.3) is 0 Å². The summed E-state index contributed by atoms with van der Waals surface area (Å²) in [7, 11) is 0.388. The van der Waals surface area contributed by atoms with Crippen molar-refractivity contribution in [1.29, 1.82) is 0 Å². The molecule has 0 radical (unpaired) electrons. The fraction of sp³-hybridized carbons (Fsp3) is 0.467. The molecule has 0 N–H and O–H groups in total. The molecule has 0 spiro atoms. The standard InChI is InChI=1S/C15H19N3O3S2/c1-17(2)14(19)8-22-15-16-12-9-23(20,21)10-13(12)18(15)11-6-4-3-5-7-11/h3-7,12-13H,8-10H2,1-2H3/t12-,13-/m0/s1. The first-order chi connectivity index (χ1) is 10.9. The number of amides is 1. The third kappa shape index (κ3) is 3.37. The van der Waals surface area contributed by atoms with Gasteiger partial charge in [0, 0.05) is 19.8 Å². The maximum atomic E-state index is 11.9. The summed E-state index contributed by atoms with van der Waals surface area (Å²) >= 11 is 1.37. The zero-order valence-electron chi connectivity index (χ0n) is 13.0. The van der Waals surface area contributed by atoms with Gasteiger partial charge in [0.25, 0.3) is 0 Å². The first-order valence-corrected chi connectivity index (χ1v) is 10.1. The van der Waals surface area contributed by atoms with Crippen LogP contribution in [-0.4, -0.2) is 67.8 Å². The highest BCUT2D eigenvalue weighted by atomic mass is 32.2. The van der Waals surface area contributed by atoms with E-state index in [4.69, 9.17) is 0 Å². The van der Waals surface area contributed by atoms with Crippen molar-refractivity contribution in [2.45, 2.75) is 12.1 Å². The Bertz CT molecular complexity index is 732. The van der Waals surface area contributed by atoms with Crippen LogP contribution in [-0.2, 0) is 14.6 Å². The van der Waals surface area contributed by atoms with E-state index in [1.807, 2.05) is 35.2 Å². The number of hydrogen-bond acceptors (Lipinski definition) is 6. The molecule has 124 valence electrons. The molecular formula is C15H19N3O3S2. The lowest BCUT2D eigenvalue weighted by atomic mass is 10.1. The molecule has 23 heavy (non-hydrogen) atoms. The predicted molar refractivity (Wildman–Crippen MR) is 93.7 cm³/mol. The number of carbonyl (C=O) groups is 1. The third-order valence-electron chi connectivity index (χ3n) is 3.97. The van der Waals surface area contributed by atoms with Crippen LogP contribution >= 0.6 is 11.8 Å². The van der Waals surface area contributed by atoms with Crippen molar-refractivity contribution in [3.8, 4) is 0 Å². The van der Waals surface area contributed by atoms with Gasteiger partial charge in [0.15, 0.2) is 15.0 Å². The topological polar surface area (TPSA) is 70.0 Å². The monoisotopic (exact) mass is 353 g/mol. The minimum absolute atomic E-state index is 0.00962. The number of hydrogen-bond donors (Lipinski definition) is 0. The van der Waals surface area contributed by atoms with E-state index < -0.39 is 9.84 Å². The normalized spacial score (nSPS) is 25.1. The molecule has 3 rings (SSSR count). The van der Waals surface area contributed by atoms with Crippen LogP contribution in [0, 0.1) is 0 Å². The Balaban J connectivity index is 1.86. The molecule has 2 atom stereocenters. The van der Waals surface area contributed by atoms with E-state index in [9.17, 15) is 13.2 Å². The third-order valence-corrected chi connectivity index (χ3v) is 6.62. The van der Waals surface area contributed by atoms with Crippen molar-refractivity contribution in [2.75, 3.05) is 36.3 Å². The number of benzene rings is 1. The number of fused-ring (bicyclic) bond motifs is 1. The average Bonchev–Trinajstić information content (AvgIpc) is 2.96. The number of para-hydroxylation sites is 1. The lowest BCUT2D eigenvalue weighted by molar-refractivity contribution is -0.125. The van der Waals surface area contributed by atoms with Crippen LogP contribution in [0.1, 0.15) is 0 Å². The summed E-state index contributed by atoms with van der Waals surface area (Å²) in [6.45, 7) is 0. The zero-order chi connectivity index (χ0) is 16.6. The first-order valence-electron chi connectivity index (χ1n) is 7.33. The molecule has 0 aliphatic carbocycles. The van der Waals surface area contributed by atoms with Crippen LogP contribution in [0.15, 0.2) is 35.3 Å². The Morgan fingerprint density at radius 3 is 2.65 bits per heavy atom. The lowest BCUT2D eigenvalue weighted by Crippen LogP contribution is -2.39. The molecule has 1 aromatic carbocycles. The van der Waals surface area contributed by atoms with Crippen molar-refractivity contribution in [2.24, 2.45) is 4.99 Å². The minimum atomic E-state index is -3.05. The molecular weight excluding hydrogens is 334 g/mol. The van der Waals surface area contributed by atoms with Crippen LogP contribution in [0.4, 0.5) is 5.69 Å².